The zero-order valence-electron chi connectivity index (χ0n) is 15.6. The summed E-state index contributed by atoms with van der Waals surface area (Å²) in [6.07, 6.45) is 0. The van der Waals surface area contributed by atoms with Gasteiger partial charge in [0.25, 0.3) is 15.9 Å². The van der Waals surface area contributed by atoms with E-state index in [-0.39, 0.29) is 16.5 Å². The van der Waals surface area contributed by atoms with E-state index in [2.05, 4.69) is 9.88 Å². The molecule has 0 spiro atoms. The van der Waals surface area contributed by atoms with E-state index < -0.39 is 10.0 Å². The van der Waals surface area contributed by atoms with Gasteiger partial charge < -0.3 is 18.9 Å². The minimum atomic E-state index is -3.93. The van der Waals surface area contributed by atoms with Crippen molar-refractivity contribution in [2.45, 2.75) is 4.90 Å². The number of morpholine rings is 1. The van der Waals surface area contributed by atoms with Gasteiger partial charge in [0, 0.05) is 13.1 Å². The highest BCUT2D eigenvalue weighted by molar-refractivity contribution is 7.92. The smallest absolute Gasteiger partial charge is 0.276 e. The fourth-order valence-corrected chi connectivity index (χ4v) is 4.18. The number of hydrogen-bond acceptors (Lipinski definition) is 7. The van der Waals surface area contributed by atoms with Crippen LogP contribution < -0.4 is 9.46 Å². The zero-order valence-corrected chi connectivity index (χ0v) is 16.4. The van der Waals surface area contributed by atoms with Gasteiger partial charge in [-0.3, -0.25) is 9.52 Å². The molecule has 4 rings (SSSR count). The first kappa shape index (κ1) is 19.2. The van der Waals surface area contributed by atoms with E-state index in [0.29, 0.717) is 48.7 Å². The van der Waals surface area contributed by atoms with E-state index in [4.69, 9.17) is 14.0 Å². The van der Waals surface area contributed by atoms with Crippen LogP contribution in [0.4, 0.5) is 5.69 Å². The maximum atomic E-state index is 12.9. The van der Waals surface area contributed by atoms with E-state index >= 15 is 0 Å². The summed E-state index contributed by atoms with van der Waals surface area (Å²) in [5.41, 5.74) is 0.721. The first-order valence-corrected chi connectivity index (χ1v) is 10.4. The average molecular weight is 417 g/mol. The van der Waals surface area contributed by atoms with Gasteiger partial charge in [-0.25, -0.2) is 8.42 Å². The van der Waals surface area contributed by atoms with Gasteiger partial charge in [-0.1, -0.05) is 17.3 Å². The number of para-hydroxylation sites is 2. The summed E-state index contributed by atoms with van der Waals surface area (Å²) in [5, 5.41) is 4.20. The summed E-state index contributed by atoms with van der Waals surface area (Å²) in [4.78, 5) is 14.4. The van der Waals surface area contributed by atoms with Crippen LogP contribution in [0.15, 0.2) is 51.9 Å². The zero-order chi connectivity index (χ0) is 20.4. The van der Waals surface area contributed by atoms with Gasteiger partial charge in [0.2, 0.25) is 0 Å². The Bertz CT molecular complexity index is 1150. The van der Waals surface area contributed by atoms with E-state index in [1.54, 1.807) is 29.2 Å². The molecule has 3 aromatic rings. The molecular formula is C19H19N3O6S. The summed E-state index contributed by atoms with van der Waals surface area (Å²) in [6.45, 7) is 1.79. The van der Waals surface area contributed by atoms with E-state index in [0.717, 1.165) is 0 Å². The molecule has 29 heavy (non-hydrogen) atoms. The van der Waals surface area contributed by atoms with Crippen molar-refractivity contribution in [3.63, 3.8) is 0 Å². The molecule has 1 fully saturated rings. The lowest BCUT2D eigenvalue weighted by Crippen LogP contribution is -2.40. The van der Waals surface area contributed by atoms with Crippen LogP contribution >= 0.6 is 0 Å². The highest BCUT2D eigenvalue weighted by Crippen LogP contribution is 2.28. The number of amides is 1. The Morgan fingerprint density at radius 3 is 2.69 bits per heavy atom. The predicted molar refractivity (Wildman–Crippen MR) is 105 cm³/mol. The Kier molecular flexibility index (Phi) is 5.12. The molecule has 152 valence electrons. The molecule has 1 amide bonds. The van der Waals surface area contributed by atoms with Crippen LogP contribution in [0.5, 0.6) is 5.75 Å². The number of nitrogens with one attached hydrogen (secondary N) is 1. The first-order chi connectivity index (χ1) is 14.0. The SMILES string of the molecule is COc1ccccc1NS(=O)(=O)c1ccc2onc(C(=O)N3CCOCC3)c2c1. The molecule has 0 aliphatic carbocycles. The molecule has 9 nitrogen and oxygen atoms in total. The monoisotopic (exact) mass is 417 g/mol. The lowest BCUT2D eigenvalue weighted by molar-refractivity contribution is 0.0297. The van der Waals surface area contributed by atoms with Crippen molar-refractivity contribution in [2.24, 2.45) is 0 Å². The normalized spacial score (nSPS) is 14.7. The summed E-state index contributed by atoms with van der Waals surface area (Å²) < 4.78 is 44.0. The van der Waals surface area contributed by atoms with Crippen LogP contribution in [0.1, 0.15) is 10.5 Å². The van der Waals surface area contributed by atoms with Crippen molar-refractivity contribution in [3.8, 4) is 5.75 Å². The van der Waals surface area contributed by atoms with Gasteiger partial charge in [-0.05, 0) is 30.3 Å². The quantitative estimate of drug-likeness (QED) is 0.677. The van der Waals surface area contributed by atoms with Gasteiger partial charge >= 0.3 is 0 Å². The Hall–Kier alpha value is -3.11. The number of carbonyl (C=O) groups is 1. The lowest BCUT2D eigenvalue weighted by Gasteiger charge is -2.25. The third kappa shape index (κ3) is 3.76. The lowest BCUT2D eigenvalue weighted by atomic mass is 10.2. The van der Waals surface area contributed by atoms with Crippen molar-refractivity contribution < 1.29 is 27.2 Å². The maximum Gasteiger partial charge on any atom is 0.276 e. The topological polar surface area (TPSA) is 111 Å². The predicted octanol–water partition coefficient (Wildman–Crippen LogP) is 2.11. The Morgan fingerprint density at radius 1 is 1.17 bits per heavy atom. The summed E-state index contributed by atoms with van der Waals surface area (Å²) in [7, 11) is -2.47. The van der Waals surface area contributed by atoms with E-state index in [9.17, 15) is 13.2 Å². The third-order valence-electron chi connectivity index (χ3n) is 4.60. The maximum absolute atomic E-state index is 12.9. The molecule has 0 atom stereocenters. The number of methoxy groups -OCH3 is 1. The van der Waals surface area contributed by atoms with Crippen molar-refractivity contribution in [1.82, 2.24) is 10.1 Å². The number of sulfonamides is 1. The van der Waals surface area contributed by atoms with Crippen LogP contribution in [0.25, 0.3) is 11.0 Å². The van der Waals surface area contributed by atoms with Crippen molar-refractivity contribution in [2.75, 3.05) is 38.1 Å². The molecule has 2 aromatic carbocycles. The Balaban J connectivity index is 1.68. The molecule has 2 heterocycles. The molecular weight excluding hydrogens is 398 g/mol. The minimum Gasteiger partial charge on any atom is -0.495 e. The number of benzene rings is 2. The standard InChI is InChI=1S/C19H19N3O6S/c1-26-17-5-3-2-4-15(17)21-29(24,25)13-6-7-16-14(12-13)18(20-28-16)19(23)22-8-10-27-11-9-22/h2-7,12,21H,8-11H2,1H3. The highest BCUT2D eigenvalue weighted by atomic mass is 32.2. The van der Waals surface area contributed by atoms with Crippen molar-refractivity contribution in [3.05, 3.63) is 48.2 Å². The molecule has 1 N–H and O–H groups in total. The van der Waals surface area contributed by atoms with Gasteiger partial charge in [-0.15, -0.1) is 0 Å². The average Bonchev–Trinajstić information content (AvgIpc) is 3.17. The van der Waals surface area contributed by atoms with Crippen LogP contribution in [-0.2, 0) is 14.8 Å². The van der Waals surface area contributed by atoms with Crippen LogP contribution in [0.2, 0.25) is 0 Å². The third-order valence-corrected chi connectivity index (χ3v) is 5.97. The Morgan fingerprint density at radius 2 is 1.93 bits per heavy atom. The fraction of sp³-hybridized carbons (Fsp3) is 0.263. The van der Waals surface area contributed by atoms with Gasteiger partial charge in [0.05, 0.1) is 36.3 Å². The van der Waals surface area contributed by atoms with Crippen LogP contribution in [-0.4, -0.2) is 57.8 Å². The number of fused-ring (bicyclic) bond motifs is 1. The van der Waals surface area contributed by atoms with Crippen molar-refractivity contribution >= 4 is 32.6 Å². The van der Waals surface area contributed by atoms with E-state index in [1.807, 2.05) is 0 Å². The van der Waals surface area contributed by atoms with Crippen molar-refractivity contribution in [1.29, 1.82) is 0 Å². The summed E-state index contributed by atoms with van der Waals surface area (Å²) >= 11 is 0. The molecule has 0 radical (unpaired) electrons. The van der Waals surface area contributed by atoms with Gasteiger partial charge in [-0.2, -0.15) is 0 Å². The molecule has 1 aliphatic rings. The number of aromatic nitrogens is 1. The van der Waals surface area contributed by atoms with Crippen LogP contribution in [0, 0.1) is 0 Å². The number of anilines is 1. The molecule has 0 saturated carbocycles. The highest BCUT2D eigenvalue weighted by Gasteiger charge is 2.25. The molecule has 1 aromatic heterocycles. The molecule has 0 bridgehead atoms. The van der Waals surface area contributed by atoms with Gasteiger partial charge in [0.15, 0.2) is 11.3 Å². The van der Waals surface area contributed by atoms with E-state index in [1.165, 1.54) is 25.3 Å². The first-order valence-electron chi connectivity index (χ1n) is 8.92. The molecule has 0 unspecified atom stereocenters. The fourth-order valence-electron chi connectivity index (χ4n) is 3.09. The number of hydrogen-bond donors (Lipinski definition) is 1. The number of rotatable bonds is 5. The summed E-state index contributed by atoms with van der Waals surface area (Å²) in [6, 6.07) is 11.0. The summed E-state index contributed by atoms with van der Waals surface area (Å²) in [5.74, 6) is 0.0737. The number of nitrogens with zero attached hydrogens (tertiary/aromatic N) is 2. The number of carbonyl (C=O) groups excluding carboxylic acids is 1. The largest absolute Gasteiger partial charge is 0.495 e. The minimum absolute atomic E-state index is 0.0184. The molecule has 1 saturated heterocycles. The Labute approximate surface area is 167 Å². The van der Waals surface area contributed by atoms with Gasteiger partial charge in [0.1, 0.15) is 5.75 Å². The second-order valence-electron chi connectivity index (χ2n) is 6.40. The van der Waals surface area contributed by atoms with Crippen LogP contribution in [0.3, 0.4) is 0 Å². The second kappa shape index (κ2) is 7.72. The molecule has 10 heteroatoms. The molecule has 1 aliphatic heterocycles. The number of ether oxygens (including phenoxy) is 2. The second-order valence-corrected chi connectivity index (χ2v) is 8.08.